The maximum Gasteiger partial charge on any atom is 0.142 e. The Morgan fingerprint density at radius 2 is 1.85 bits per heavy atom. The van der Waals surface area contributed by atoms with Gasteiger partial charge in [0, 0.05) is 28.4 Å². The van der Waals surface area contributed by atoms with Crippen molar-refractivity contribution < 1.29 is 4.74 Å². The standard InChI is InChI=1S/C22H18IN3O/c1-27-18-9-6-15(7-10-18)12-25-13-16-4-2-3-5-19(16)21-22(25)26-14-17(23)8-11-20(26)24-21/h2-11,14H,12-13H2,1H3. The Kier molecular flexibility index (Phi) is 4.04. The Morgan fingerprint density at radius 1 is 1.04 bits per heavy atom. The summed E-state index contributed by atoms with van der Waals surface area (Å²) in [7, 11) is 1.70. The second kappa shape index (κ2) is 6.56. The van der Waals surface area contributed by atoms with Gasteiger partial charge in [-0.2, -0.15) is 0 Å². The van der Waals surface area contributed by atoms with Crippen LogP contribution in [0.4, 0.5) is 5.82 Å². The Morgan fingerprint density at radius 3 is 2.67 bits per heavy atom. The lowest BCUT2D eigenvalue weighted by Crippen LogP contribution is -2.27. The molecule has 5 heteroatoms. The first kappa shape index (κ1) is 16.6. The summed E-state index contributed by atoms with van der Waals surface area (Å²) < 4.78 is 8.71. The van der Waals surface area contributed by atoms with Crippen LogP contribution >= 0.6 is 22.6 Å². The number of rotatable bonds is 3. The van der Waals surface area contributed by atoms with Gasteiger partial charge in [0.1, 0.15) is 22.9 Å². The molecule has 2 aromatic heterocycles. The number of benzene rings is 2. The Balaban J connectivity index is 1.65. The minimum absolute atomic E-state index is 0.824. The summed E-state index contributed by atoms with van der Waals surface area (Å²) in [6.45, 7) is 1.69. The van der Waals surface area contributed by atoms with Crippen LogP contribution in [0.1, 0.15) is 11.1 Å². The van der Waals surface area contributed by atoms with Crippen molar-refractivity contribution in [2.75, 3.05) is 12.0 Å². The molecular weight excluding hydrogens is 449 g/mol. The molecule has 0 N–H and O–H groups in total. The number of hydrogen-bond acceptors (Lipinski definition) is 3. The third-order valence-corrected chi connectivity index (χ3v) is 5.66. The topological polar surface area (TPSA) is 29.8 Å². The third-order valence-electron chi connectivity index (χ3n) is 5.02. The molecule has 134 valence electrons. The van der Waals surface area contributed by atoms with E-state index >= 15 is 0 Å². The van der Waals surface area contributed by atoms with E-state index in [1.165, 1.54) is 20.3 Å². The van der Waals surface area contributed by atoms with Crippen molar-refractivity contribution in [1.82, 2.24) is 9.38 Å². The van der Waals surface area contributed by atoms with Crippen LogP contribution in [0.25, 0.3) is 16.9 Å². The number of ether oxygens (including phenoxy) is 1. The van der Waals surface area contributed by atoms with E-state index in [0.717, 1.165) is 36.0 Å². The molecule has 2 aromatic carbocycles. The fraction of sp³-hybridized carbons (Fsp3) is 0.136. The Hall–Kier alpha value is -2.54. The maximum atomic E-state index is 5.29. The highest BCUT2D eigenvalue weighted by atomic mass is 127. The van der Waals surface area contributed by atoms with E-state index in [9.17, 15) is 0 Å². The van der Waals surface area contributed by atoms with Crippen LogP contribution < -0.4 is 9.64 Å². The number of imidazole rings is 1. The average molecular weight is 467 g/mol. The van der Waals surface area contributed by atoms with Crippen molar-refractivity contribution in [3.05, 3.63) is 81.6 Å². The lowest BCUT2D eigenvalue weighted by molar-refractivity contribution is 0.414. The van der Waals surface area contributed by atoms with E-state index in [4.69, 9.17) is 9.72 Å². The molecule has 3 heterocycles. The highest BCUT2D eigenvalue weighted by Crippen LogP contribution is 2.40. The van der Waals surface area contributed by atoms with E-state index < -0.39 is 0 Å². The quantitative estimate of drug-likeness (QED) is 0.391. The number of pyridine rings is 1. The lowest BCUT2D eigenvalue weighted by atomic mass is 9.99. The zero-order valence-electron chi connectivity index (χ0n) is 14.9. The van der Waals surface area contributed by atoms with Crippen molar-refractivity contribution >= 4 is 34.1 Å². The van der Waals surface area contributed by atoms with E-state index in [1.807, 2.05) is 12.1 Å². The van der Waals surface area contributed by atoms with Gasteiger partial charge in [0.25, 0.3) is 0 Å². The molecule has 0 bridgehead atoms. The highest BCUT2D eigenvalue weighted by molar-refractivity contribution is 14.1. The minimum Gasteiger partial charge on any atom is -0.497 e. The lowest BCUT2D eigenvalue weighted by Gasteiger charge is -2.30. The fourth-order valence-electron chi connectivity index (χ4n) is 3.74. The normalized spacial score (nSPS) is 12.7. The number of halogens is 1. The van der Waals surface area contributed by atoms with Crippen LogP contribution in [0.2, 0.25) is 0 Å². The third kappa shape index (κ3) is 2.86. The fourth-order valence-corrected chi connectivity index (χ4v) is 4.20. The zero-order valence-corrected chi connectivity index (χ0v) is 17.1. The van der Waals surface area contributed by atoms with Crippen LogP contribution in [-0.4, -0.2) is 16.5 Å². The van der Waals surface area contributed by atoms with Gasteiger partial charge in [-0.05, 0) is 58.0 Å². The van der Waals surface area contributed by atoms with Crippen molar-refractivity contribution in [1.29, 1.82) is 0 Å². The van der Waals surface area contributed by atoms with Crippen molar-refractivity contribution in [3.63, 3.8) is 0 Å². The number of aromatic nitrogens is 2. The molecular formula is C22H18IN3O. The molecule has 0 saturated heterocycles. The van der Waals surface area contributed by atoms with Gasteiger partial charge in [-0.1, -0.05) is 36.4 Å². The summed E-state index contributed by atoms with van der Waals surface area (Å²) in [4.78, 5) is 7.37. The van der Waals surface area contributed by atoms with Crippen molar-refractivity contribution in [2.45, 2.75) is 13.1 Å². The number of nitrogens with zero attached hydrogens (tertiary/aromatic N) is 3. The first-order chi connectivity index (χ1) is 13.2. The molecule has 5 rings (SSSR count). The average Bonchev–Trinajstić information content (AvgIpc) is 3.08. The molecule has 0 radical (unpaired) electrons. The van der Waals surface area contributed by atoms with Gasteiger partial charge >= 0.3 is 0 Å². The molecule has 4 nitrogen and oxygen atoms in total. The maximum absolute atomic E-state index is 5.29. The monoisotopic (exact) mass is 467 g/mol. The number of hydrogen-bond donors (Lipinski definition) is 0. The Bertz CT molecular complexity index is 1130. The zero-order chi connectivity index (χ0) is 18.4. The molecule has 0 amide bonds. The number of methoxy groups -OCH3 is 1. The first-order valence-electron chi connectivity index (χ1n) is 8.87. The summed E-state index contributed by atoms with van der Waals surface area (Å²) in [5.41, 5.74) is 5.85. The molecule has 1 aliphatic rings. The molecule has 0 fully saturated rings. The molecule has 0 aliphatic carbocycles. The van der Waals surface area contributed by atoms with Gasteiger partial charge in [-0.15, -0.1) is 0 Å². The second-order valence-electron chi connectivity index (χ2n) is 6.72. The summed E-state index contributed by atoms with van der Waals surface area (Å²) in [5, 5.41) is 0. The van der Waals surface area contributed by atoms with Crippen LogP contribution in [0.15, 0.2) is 66.9 Å². The second-order valence-corrected chi connectivity index (χ2v) is 7.97. The van der Waals surface area contributed by atoms with Crippen LogP contribution in [0.3, 0.4) is 0 Å². The van der Waals surface area contributed by atoms with Gasteiger partial charge in [0.15, 0.2) is 0 Å². The van der Waals surface area contributed by atoms with Gasteiger partial charge in [-0.25, -0.2) is 4.98 Å². The summed E-state index contributed by atoms with van der Waals surface area (Å²) in [6, 6.07) is 21.1. The van der Waals surface area contributed by atoms with Gasteiger partial charge in [0.05, 0.1) is 7.11 Å². The summed E-state index contributed by atoms with van der Waals surface area (Å²) >= 11 is 2.36. The molecule has 27 heavy (non-hydrogen) atoms. The summed E-state index contributed by atoms with van der Waals surface area (Å²) in [5.74, 6) is 2.05. The molecule has 0 saturated carbocycles. The van der Waals surface area contributed by atoms with Crippen molar-refractivity contribution in [3.8, 4) is 17.0 Å². The van der Waals surface area contributed by atoms with E-state index in [2.05, 4.69) is 86.6 Å². The van der Waals surface area contributed by atoms with Crippen LogP contribution in [0, 0.1) is 3.57 Å². The highest BCUT2D eigenvalue weighted by Gasteiger charge is 2.27. The van der Waals surface area contributed by atoms with E-state index in [1.54, 1.807) is 7.11 Å². The van der Waals surface area contributed by atoms with Crippen LogP contribution in [0.5, 0.6) is 5.75 Å². The smallest absolute Gasteiger partial charge is 0.142 e. The molecule has 0 spiro atoms. The van der Waals surface area contributed by atoms with Gasteiger partial charge in [0.2, 0.25) is 0 Å². The molecule has 0 unspecified atom stereocenters. The number of anilines is 1. The molecule has 1 aliphatic heterocycles. The van der Waals surface area contributed by atoms with E-state index in [0.29, 0.717) is 0 Å². The van der Waals surface area contributed by atoms with Crippen LogP contribution in [-0.2, 0) is 13.1 Å². The molecule has 0 atom stereocenters. The van der Waals surface area contributed by atoms with E-state index in [-0.39, 0.29) is 0 Å². The van der Waals surface area contributed by atoms with Gasteiger partial charge in [-0.3, -0.25) is 4.40 Å². The Labute approximate surface area is 171 Å². The predicted molar refractivity (Wildman–Crippen MR) is 116 cm³/mol. The number of fused-ring (bicyclic) bond motifs is 5. The first-order valence-corrected chi connectivity index (χ1v) is 9.94. The van der Waals surface area contributed by atoms with Gasteiger partial charge < -0.3 is 9.64 Å². The largest absolute Gasteiger partial charge is 0.497 e. The van der Waals surface area contributed by atoms with Crippen molar-refractivity contribution in [2.24, 2.45) is 0 Å². The molecule has 4 aromatic rings. The predicted octanol–water partition coefficient (Wildman–Crippen LogP) is 5.13. The summed E-state index contributed by atoms with van der Waals surface area (Å²) in [6.07, 6.45) is 2.16. The minimum atomic E-state index is 0.824. The SMILES string of the molecule is COc1ccc(CN2Cc3ccccc3-c3nc4ccc(I)cn4c32)cc1.